The quantitative estimate of drug-likeness (QED) is 0.765. The van der Waals surface area contributed by atoms with Crippen LogP contribution in [0.25, 0.3) is 0 Å². The molecule has 0 atom stereocenters. The molecule has 5 nitrogen and oxygen atoms in total. The minimum absolute atomic E-state index is 0.184. The largest absolute Gasteiger partial charge is 0.304 e. The van der Waals surface area contributed by atoms with Crippen LogP contribution in [0.2, 0.25) is 0 Å². The van der Waals surface area contributed by atoms with Crippen molar-refractivity contribution in [2.24, 2.45) is 0 Å². The zero-order valence-electron chi connectivity index (χ0n) is 14.6. The van der Waals surface area contributed by atoms with Crippen molar-refractivity contribution in [3.63, 3.8) is 0 Å². The molecule has 1 fully saturated rings. The highest BCUT2D eigenvalue weighted by atomic mass is 32.1. The molecule has 26 heavy (non-hydrogen) atoms. The van der Waals surface area contributed by atoms with E-state index in [9.17, 15) is 10.1 Å². The Morgan fingerprint density at radius 3 is 2.12 bits per heavy atom. The van der Waals surface area contributed by atoms with Crippen molar-refractivity contribution in [2.45, 2.75) is 26.3 Å². The van der Waals surface area contributed by atoms with E-state index in [4.69, 9.17) is 17.5 Å². The molecule has 0 N–H and O–H groups in total. The summed E-state index contributed by atoms with van der Waals surface area (Å²) in [6.07, 6.45) is 0. The first-order valence-electron chi connectivity index (χ1n) is 8.01. The van der Waals surface area contributed by atoms with E-state index >= 15 is 0 Å². The minimum Gasteiger partial charge on any atom is -0.304 e. The molecule has 0 saturated carbocycles. The number of nitrogens with zero attached hydrogens (tertiary/aromatic N) is 4. The fourth-order valence-electron chi connectivity index (χ4n) is 3.01. The lowest BCUT2D eigenvalue weighted by molar-refractivity contribution is -0.120. The number of benzene rings is 2. The molecule has 0 bridgehead atoms. The minimum atomic E-state index is -0.868. The molecule has 0 spiro atoms. The Balaban J connectivity index is 2.09. The van der Waals surface area contributed by atoms with E-state index in [2.05, 4.69) is 0 Å². The molecule has 1 heterocycles. The van der Waals surface area contributed by atoms with E-state index in [1.807, 2.05) is 62.1 Å². The van der Waals surface area contributed by atoms with Crippen molar-refractivity contribution in [1.82, 2.24) is 0 Å². The highest BCUT2D eigenvalue weighted by Gasteiger charge is 2.50. The van der Waals surface area contributed by atoms with Gasteiger partial charge >= 0.3 is 0 Å². The Labute approximate surface area is 157 Å². The fraction of sp³-hybridized carbons (Fsp3) is 0.200. The molecular formula is C20H16N4OS. The first-order chi connectivity index (χ1) is 12.3. The van der Waals surface area contributed by atoms with Gasteiger partial charge in [0.2, 0.25) is 0 Å². The number of rotatable bonds is 2. The SMILES string of the molecule is Cc1ccc(N2C(=S)N(c3ccc(C#N)c(C#N)c3)C(=O)C2(C)C)cc1. The van der Waals surface area contributed by atoms with E-state index in [0.717, 1.165) is 11.3 Å². The van der Waals surface area contributed by atoms with Crippen LogP contribution in [0.4, 0.5) is 11.4 Å². The maximum Gasteiger partial charge on any atom is 0.259 e. The van der Waals surface area contributed by atoms with Gasteiger partial charge < -0.3 is 4.90 Å². The summed E-state index contributed by atoms with van der Waals surface area (Å²) in [5, 5.41) is 18.7. The number of nitriles is 2. The lowest BCUT2D eigenvalue weighted by Gasteiger charge is -2.29. The van der Waals surface area contributed by atoms with Gasteiger partial charge in [-0.25, -0.2) is 0 Å². The van der Waals surface area contributed by atoms with Gasteiger partial charge in [-0.1, -0.05) is 17.7 Å². The van der Waals surface area contributed by atoms with Crippen LogP contribution in [0.5, 0.6) is 0 Å². The molecule has 128 valence electrons. The Bertz CT molecular complexity index is 996. The Morgan fingerprint density at radius 2 is 1.54 bits per heavy atom. The van der Waals surface area contributed by atoms with Gasteiger partial charge in [-0.05, 0) is 63.3 Å². The zero-order valence-corrected chi connectivity index (χ0v) is 15.5. The molecule has 0 radical (unpaired) electrons. The Morgan fingerprint density at radius 1 is 0.962 bits per heavy atom. The summed E-state index contributed by atoms with van der Waals surface area (Å²) in [7, 11) is 0. The van der Waals surface area contributed by atoms with Crippen LogP contribution in [0.1, 0.15) is 30.5 Å². The second-order valence-corrected chi connectivity index (χ2v) is 6.97. The molecule has 0 unspecified atom stereocenters. The normalized spacial score (nSPS) is 15.7. The lowest BCUT2D eigenvalue weighted by Crippen LogP contribution is -2.44. The Hall–Kier alpha value is -3.22. The van der Waals surface area contributed by atoms with Crippen LogP contribution in [-0.4, -0.2) is 16.6 Å². The summed E-state index contributed by atoms with van der Waals surface area (Å²) in [5.41, 5.74) is 2.04. The van der Waals surface area contributed by atoms with Gasteiger partial charge in [0.15, 0.2) is 5.11 Å². The number of thiocarbonyl (C=S) groups is 1. The van der Waals surface area contributed by atoms with Crippen LogP contribution >= 0.6 is 12.2 Å². The highest BCUT2D eigenvalue weighted by Crippen LogP contribution is 2.36. The highest BCUT2D eigenvalue weighted by molar-refractivity contribution is 7.81. The van der Waals surface area contributed by atoms with Crippen molar-refractivity contribution in [3.05, 3.63) is 59.2 Å². The molecule has 6 heteroatoms. The third kappa shape index (κ3) is 2.61. The Kier molecular flexibility index (Phi) is 4.23. The predicted molar refractivity (Wildman–Crippen MR) is 104 cm³/mol. The van der Waals surface area contributed by atoms with Crippen molar-refractivity contribution in [1.29, 1.82) is 10.5 Å². The number of hydrogen-bond donors (Lipinski definition) is 0. The zero-order chi connectivity index (χ0) is 19.1. The molecule has 1 amide bonds. The summed E-state index contributed by atoms with van der Waals surface area (Å²) in [4.78, 5) is 16.3. The fourth-order valence-corrected chi connectivity index (χ4v) is 3.53. The van der Waals surface area contributed by atoms with Crippen LogP contribution in [0, 0.1) is 29.6 Å². The van der Waals surface area contributed by atoms with Gasteiger partial charge in [-0.2, -0.15) is 10.5 Å². The summed E-state index contributed by atoms with van der Waals surface area (Å²) in [6.45, 7) is 5.63. The number of aryl methyl sites for hydroxylation is 1. The molecule has 2 aromatic rings. The molecule has 1 aliphatic heterocycles. The summed E-state index contributed by atoms with van der Waals surface area (Å²) in [6, 6.07) is 16.5. The van der Waals surface area contributed by atoms with Gasteiger partial charge in [0, 0.05) is 5.69 Å². The van der Waals surface area contributed by atoms with Gasteiger partial charge in [0.25, 0.3) is 5.91 Å². The van der Waals surface area contributed by atoms with Crippen LogP contribution in [0.15, 0.2) is 42.5 Å². The lowest BCUT2D eigenvalue weighted by atomic mass is 10.0. The maximum absolute atomic E-state index is 13.1. The maximum atomic E-state index is 13.1. The number of carbonyl (C=O) groups is 1. The van der Waals surface area contributed by atoms with E-state index in [1.165, 1.54) is 17.0 Å². The standard InChI is InChI=1S/C20H16N4OS/c1-13-4-7-16(8-5-13)24-19(26)23(18(25)20(24,2)3)17-9-6-14(11-21)15(10-17)12-22/h4-10H,1-3H3. The molecule has 1 aliphatic rings. The van der Waals surface area contributed by atoms with Crippen molar-refractivity contribution in [3.8, 4) is 12.1 Å². The molecular weight excluding hydrogens is 344 g/mol. The van der Waals surface area contributed by atoms with Crippen molar-refractivity contribution in [2.75, 3.05) is 9.80 Å². The van der Waals surface area contributed by atoms with E-state index in [1.54, 1.807) is 6.07 Å². The topological polar surface area (TPSA) is 71.1 Å². The van der Waals surface area contributed by atoms with Crippen molar-refractivity contribution < 1.29 is 4.79 Å². The number of hydrogen-bond acceptors (Lipinski definition) is 4. The molecule has 0 aliphatic carbocycles. The van der Waals surface area contributed by atoms with E-state index < -0.39 is 5.54 Å². The number of amides is 1. The third-order valence-corrected chi connectivity index (χ3v) is 4.83. The summed E-state index contributed by atoms with van der Waals surface area (Å²) >= 11 is 5.61. The third-order valence-electron chi connectivity index (χ3n) is 4.46. The number of anilines is 2. The van der Waals surface area contributed by atoms with Gasteiger partial charge in [-0.15, -0.1) is 0 Å². The second kappa shape index (κ2) is 6.25. The van der Waals surface area contributed by atoms with Crippen LogP contribution in [0.3, 0.4) is 0 Å². The van der Waals surface area contributed by atoms with Gasteiger partial charge in [-0.3, -0.25) is 9.69 Å². The smallest absolute Gasteiger partial charge is 0.259 e. The van der Waals surface area contributed by atoms with Gasteiger partial charge in [0.1, 0.15) is 17.7 Å². The van der Waals surface area contributed by atoms with E-state index in [0.29, 0.717) is 10.8 Å². The predicted octanol–water partition coefficient (Wildman–Crippen LogP) is 3.66. The first kappa shape index (κ1) is 17.6. The molecule has 0 aromatic heterocycles. The summed E-state index contributed by atoms with van der Waals surface area (Å²) < 4.78 is 0. The monoisotopic (exact) mass is 360 g/mol. The molecule has 1 saturated heterocycles. The summed E-state index contributed by atoms with van der Waals surface area (Å²) in [5.74, 6) is -0.184. The average molecular weight is 360 g/mol. The van der Waals surface area contributed by atoms with Crippen molar-refractivity contribution >= 4 is 34.6 Å². The molecule has 2 aromatic carbocycles. The van der Waals surface area contributed by atoms with E-state index in [-0.39, 0.29) is 17.0 Å². The average Bonchev–Trinajstić information content (AvgIpc) is 2.80. The van der Waals surface area contributed by atoms with Gasteiger partial charge in [0.05, 0.1) is 16.8 Å². The van der Waals surface area contributed by atoms with Crippen LogP contribution < -0.4 is 9.80 Å². The van der Waals surface area contributed by atoms with Crippen LogP contribution in [-0.2, 0) is 4.79 Å². The second-order valence-electron chi connectivity index (χ2n) is 6.61. The first-order valence-corrected chi connectivity index (χ1v) is 8.41. The molecule has 3 rings (SSSR count). The number of carbonyl (C=O) groups excluding carboxylic acids is 1.